The van der Waals surface area contributed by atoms with Crippen LogP contribution >= 0.6 is 0 Å². The molecule has 1 amide bonds. The van der Waals surface area contributed by atoms with Crippen LogP contribution in [0.1, 0.15) is 44.9 Å². The molecule has 1 aliphatic carbocycles. The summed E-state index contributed by atoms with van der Waals surface area (Å²) < 4.78 is 0. The van der Waals surface area contributed by atoms with Gasteiger partial charge in [0.25, 0.3) is 0 Å². The number of nitrogens with one attached hydrogen (secondary N) is 1. The van der Waals surface area contributed by atoms with Crippen LogP contribution in [0.2, 0.25) is 0 Å². The van der Waals surface area contributed by atoms with E-state index in [4.69, 9.17) is 0 Å². The van der Waals surface area contributed by atoms with Gasteiger partial charge in [0.05, 0.1) is 5.39 Å². The number of aromatic nitrogens is 3. The number of nitrogens with zero attached hydrogens (tertiary/aromatic N) is 4. The number of piperazine rings is 1. The molecular formula is C19H25N5O. The van der Waals surface area contributed by atoms with E-state index in [1.54, 1.807) is 6.33 Å². The van der Waals surface area contributed by atoms with E-state index in [2.05, 4.69) is 24.8 Å². The molecule has 2 atom stereocenters. The molecule has 25 heavy (non-hydrogen) atoms. The van der Waals surface area contributed by atoms with Crippen molar-refractivity contribution in [1.29, 1.82) is 0 Å². The van der Waals surface area contributed by atoms with Gasteiger partial charge in [-0.05, 0) is 37.7 Å². The Hall–Kier alpha value is -2.11. The third-order valence-electron chi connectivity index (χ3n) is 6.34. The van der Waals surface area contributed by atoms with Crippen molar-refractivity contribution in [2.45, 2.75) is 57.0 Å². The molecule has 1 N–H and O–H groups in total. The lowest BCUT2D eigenvalue weighted by Crippen LogP contribution is -2.56. The van der Waals surface area contributed by atoms with Crippen molar-refractivity contribution >= 4 is 22.8 Å². The molecule has 2 aromatic rings. The number of hydrogen-bond acceptors (Lipinski definition) is 4. The number of anilines is 1. The van der Waals surface area contributed by atoms with Crippen LogP contribution in [0.5, 0.6) is 0 Å². The predicted molar refractivity (Wildman–Crippen MR) is 96.3 cm³/mol. The molecule has 2 saturated heterocycles. The highest BCUT2D eigenvalue weighted by molar-refractivity contribution is 5.87. The van der Waals surface area contributed by atoms with Crippen molar-refractivity contribution in [2.75, 3.05) is 18.0 Å². The van der Waals surface area contributed by atoms with Crippen LogP contribution in [0.4, 0.5) is 5.82 Å². The van der Waals surface area contributed by atoms with Crippen LogP contribution in [0.15, 0.2) is 18.6 Å². The summed E-state index contributed by atoms with van der Waals surface area (Å²) in [7, 11) is 0. The first-order chi connectivity index (χ1) is 12.3. The highest BCUT2D eigenvalue weighted by Gasteiger charge is 2.43. The van der Waals surface area contributed by atoms with Gasteiger partial charge in [-0.1, -0.05) is 12.8 Å². The number of carbonyl (C=O) groups excluding carboxylic acids is 1. The summed E-state index contributed by atoms with van der Waals surface area (Å²) in [5, 5.41) is 1.08. The Bertz CT molecular complexity index is 767. The van der Waals surface area contributed by atoms with Gasteiger partial charge in [0.1, 0.15) is 17.8 Å². The van der Waals surface area contributed by atoms with Crippen molar-refractivity contribution in [3.8, 4) is 0 Å². The smallest absolute Gasteiger partial charge is 0.223 e. The number of H-pyrrole nitrogens is 1. The van der Waals surface area contributed by atoms with E-state index in [0.29, 0.717) is 23.9 Å². The number of rotatable bonds is 3. The van der Waals surface area contributed by atoms with Crippen LogP contribution in [0.25, 0.3) is 11.0 Å². The van der Waals surface area contributed by atoms with Crippen LogP contribution in [-0.4, -0.2) is 50.9 Å². The summed E-state index contributed by atoms with van der Waals surface area (Å²) in [5.74, 6) is 2.03. The molecule has 0 radical (unpaired) electrons. The zero-order valence-electron chi connectivity index (χ0n) is 14.5. The van der Waals surface area contributed by atoms with Gasteiger partial charge in [0.15, 0.2) is 0 Å². The Morgan fingerprint density at radius 2 is 1.88 bits per heavy atom. The van der Waals surface area contributed by atoms with Gasteiger partial charge in [0, 0.05) is 37.8 Å². The maximum Gasteiger partial charge on any atom is 0.223 e. The lowest BCUT2D eigenvalue weighted by atomic mass is 10.0. The van der Waals surface area contributed by atoms with Crippen molar-refractivity contribution in [2.24, 2.45) is 5.92 Å². The second-order valence-corrected chi connectivity index (χ2v) is 7.88. The first kappa shape index (κ1) is 15.2. The van der Waals surface area contributed by atoms with Gasteiger partial charge in [0.2, 0.25) is 5.91 Å². The molecule has 5 rings (SSSR count). The molecule has 2 aliphatic heterocycles. The Morgan fingerprint density at radius 3 is 2.64 bits per heavy atom. The van der Waals surface area contributed by atoms with E-state index >= 15 is 0 Å². The fourth-order valence-electron chi connectivity index (χ4n) is 5.16. The lowest BCUT2D eigenvalue weighted by Gasteiger charge is -2.42. The average Bonchev–Trinajstić information content (AvgIpc) is 3.34. The summed E-state index contributed by atoms with van der Waals surface area (Å²) in [6, 6.07) is 2.73. The Labute approximate surface area is 147 Å². The molecule has 1 unspecified atom stereocenters. The van der Waals surface area contributed by atoms with E-state index in [1.807, 2.05) is 12.3 Å². The summed E-state index contributed by atoms with van der Waals surface area (Å²) in [6.07, 6.45) is 11.7. The molecule has 1 saturated carbocycles. The molecule has 2 aromatic heterocycles. The molecule has 4 heterocycles. The summed E-state index contributed by atoms with van der Waals surface area (Å²) in [4.78, 5) is 29.5. The predicted octanol–water partition coefficient (Wildman–Crippen LogP) is 2.72. The summed E-state index contributed by atoms with van der Waals surface area (Å²) >= 11 is 0. The second-order valence-electron chi connectivity index (χ2n) is 7.88. The van der Waals surface area contributed by atoms with Crippen molar-refractivity contribution in [3.63, 3.8) is 0 Å². The molecule has 132 valence electrons. The van der Waals surface area contributed by atoms with Crippen LogP contribution in [0.3, 0.4) is 0 Å². The van der Waals surface area contributed by atoms with Crippen molar-refractivity contribution in [3.05, 3.63) is 18.6 Å². The van der Waals surface area contributed by atoms with E-state index < -0.39 is 0 Å². The zero-order chi connectivity index (χ0) is 16.8. The van der Waals surface area contributed by atoms with E-state index in [-0.39, 0.29) is 0 Å². The molecule has 6 nitrogen and oxygen atoms in total. The van der Waals surface area contributed by atoms with Gasteiger partial charge >= 0.3 is 0 Å². The van der Waals surface area contributed by atoms with Crippen molar-refractivity contribution < 1.29 is 4.79 Å². The number of hydrogen-bond donors (Lipinski definition) is 1. The number of aromatic amines is 1. The zero-order valence-corrected chi connectivity index (χ0v) is 14.5. The van der Waals surface area contributed by atoms with Gasteiger partial charge in [-0.25, -0.2) is 9.97 Å². The average molecular weight is 339 g/mol. The number of fused-ring (bicyclic) bond motifs is 3. The van der Waals surface area contributed by atoms with Crippen LogP contribution in [-0.2, 0) is 4.79 Å². The van der Waals surface area contributed by atoms with Crippen molar-refractivity contribution in [1.82, 2.24) is 19.9 Å². The highest BCUT2D eigenvalue weighted by Crippen LogP contribution is 2.36. The van der Waals surface area contributed by atoms with E-state index in [1.165, 1.54) is 25.7 Å². The first-order valence-electron chi connectivity index (χ1n) is 9.64. The quantitative estimate of drug-likeness (QED) is 0.934. The Kier molecular flexibility index (Phi) is 3.64. The standard InChI is InChI=1S/C19H25N5O/c25-17(9-13-3-1-2-4-13)24-14-5-6-15(24)11-23(10-14)19-16-7-8-20-18(16)21-12-22-19/h7-8,12-15H,1-6,9-11H2,(H,20,21,22)/t14-,15?/m0/s1. The monoisotopic (exact) mass is 339 g/mol. The third kappa shape index (κ3) is 2.58. The minimum absolute atomic E-state index is 0.344. The second kappa shape index (κ2) is 6.00. The Balaban J connectivity index is 1.34. The molecule has 3 aliphatic rings. The minimum Gasteiger partial charge on any atom is -0.352 e. The van der Waals surface area contributed by atoms with E-state index in [0.717, 1.165) is 49.2 Å². The van der Waals surface area contributed by atoms with Crippen LogP contribution < -0.4 is 4.90 Å². The third-order valence-corrected chi connectivity index (χ3v) is 6.34. The fraction of sp³-hybridized carbons (Fsp3) is 0.632. The molecule has 0 aromatic carbocycles. The minimum atomic E-state index is 0.344. The molecular weight excluding hydrogens is 314 g/mol. The summed E-state index contributed by atoms with van der Waals surface area (Å²) in [6.45, 7) is 1.79. The maximum absolute atomic E-state index is 12.9. The number of amides is 1. The normalized spacial score (nSPS) is 26.7. The largest absolute Gasteiger partial charge is 0.352 e. The summed E-state index contributed by atoms with van der Waals surface area (Å²) in [5.41, 5.74) is 0.886. The molecule has 2 bridgehead atoms. The number of carbonyl (C=O) groups is 1. The topological polar surface area (TPSA) is 65.1 Å². The van der Waals surface area contributed by atoms with Crippen LogP contribution in [0, 0.1) is 5.92 Å². The van der Waals surface area contributed by atoms with Gasteiger partial charge < -0.3 is 14.8 Å². The van der Waals surface area contributed by atoms with E-state index in [9.17, 15) is 4.79 Å². The lowest BCUT2D eigenvalue weighted by molar-refractivity contribution is -0.135. The molecule has 6 heteroatoms. The molecule has 3 fully saturated rings. The highest BCUT2D eigenvalue weighted by atomic mass is 16.2. The first-order valence-corrected chi connectivity index (χ1v) is 9.64. The Morgan fingerprint density at radius 1 is 1.12 bits per heavy atom. The maximum atomic E-state index is 12.9. The van der Waals surface area contributed by atoms with Gasteiger partial charge in [-0.15, -0.1) is 0 Å². The SMILES string of the molecule is O=C(CC1CCCC1)N1C2CC[C@H]1CN(c1ncnc3[nH]ccc13)C2. The molecule has 0 spiro atoms. The van der Waals surface area contributed by atoms with Gasteiger partial charge in [-0.2, -0.15) is 0 Å². The fourth-order valence-corrected chi connectivity index (χ4v) is 5.16. The van der Waals surface area contributed by atoms with Gasteiger partial charge in [-0.3, -0.25) is 4.79 Å².